The van der Waals surface area contributed by atoms with Crippen molar-refractivity contribution in [1.82, 2.24) is 4.90 Å². The van der Waals surface area contributed by atoms with E-state index in [-0.39, 0.29) is 5.41 Å². The Balaban J connectivity index is 1.73. The molecule has 1 saturated heterocycles. The van der Waals surface area contributed by atoms with Crippen molar-refractivity contribution < 1.29 is 14.5 Å². The van der Waals surface area contributed by atoms with Crippen molar-refractivity contribution >= 4 is 23.2 Å². The van der Waals surface area contributed by atoms with E-state index in [2.05, 4.69) is 18.2 Å². The minimum atomic E-state index is -1.32. The minimum Gasteiger partial charge on any atom is -0.591 e. The first kappa shape index (κ1) is 18.8. The summed E-state index contributed by atoms with van der Waals surface area (Å²) in [6, 6.07) is 6.72. The topological polar surface area (TPSA) is 76.0 Å². The molecule has 0 bridgehead atoms. The monoisotopic (exact) mass is 388 g/mol. The SMILES string of the molecule is CC(C)(C)[S+]([O-])N=C1c2cc(C3CC3)ccc2CC12CCN(C(=O)O)CC2. The molecule has 27 heavy (non-hydrogen) atoms. The van der Waals surface area contributed by atoms with E-state index in [9.17, 15) is 14.5 Å². The van der Waals surface area contributed by atoms with Crippen LogP contribution in [0.5, 0.6) is 0 Å². The Morgan fingerprint density at radius 2 is 1.96 bits per heavy atom. The molecule has 6 heteroatoms. The highest BCUT2D eigenvalue weighted by Crippen LogP contribution is 2.48. The Labute approximate surface area is 164 Å². The lowest BCUT2D eigenvalue weighted by atomic mass is 9.74. The maximum Gasteiger partial charge on any atom is 0.407 e. The fourth-order valence-electron chi connectivity index (χ4n) is 4.28. The molecule has 146 valence electrons. The van der Waals surface area contributed by atoms with Gasteiger partial charge in [0.05, 0.1) is 0 Å². The highest BCUT2D eigenvalue weighted by Gasteiger charge is 2.48. The van der Waals surface area contributed by atoms with Crippen molar-refractivity contribution in [3.05, 3.63) is 34.9 Å². The van der Waals surface area contributed by atoms with Crippen LogP contribution in [0.1, 0.15) is 69.1 Å². The quantitative estimate of drug-likeness (QED) is 0.774. The summed E-state index contributed by atoms with van der Waals surface area (Å²) in [5.41, 5.74) is 4.56. The lowest BCUT2D eigenvalue weighted by molar-refractivity contribution is 0.115. The summed E-state index contributed by atoms with van der Waals surface area (Å²) < 4.78 is 17.2. The molecule has 2 aliphatic carbocycles. The van der Waals surface area contributed by atoms with Crippen molar-refractivity contribution in [2.75, 3.05) is 13.1 Å². The predicted octanol–water partition coefficient (Wildman–Crippen LogP) is 4.13. The molecule has 1 N–H and O–H groups in total. The molecule has 1 heterocycles. The Kier molecular flexibility index (Phi) is 4.54. The lowest BCUT2D eigenvalue weighted by Gasteiger charge is -2.38. The second-order valence-corrected chi connectivity index (χ2v) is 11.1. The van der Waals surface area contributed by atoms with Gasteiger partial charge in [-0.15, -0.1) is 0 Å². The van der Waals surface area contributed by atoms with Crippen LogP contribution in [-0.2, 0) is 17.8 Å². The van der Waals surface area contributed by atoms with Crippen molar-refractivity contribution in [2.45, 2.75) is 63.5 Å². The summed E-state index contributed by atoms with van der Waals surface area (Å²) in [5.74, 6) is 0.662. The van der Waals surface area contributed by atoms with Crippen LogP contribution >= 0.6 is 0 Å². The molecule has 5 nitrogen and oxygen atoms in total. The van der Waals surface area contributed by atoms with Gasteiger partial charge in [0.1, 0.15) is 21.8 Å². The van der Waals surface area contributed by atoms with E-state index in [1.807, 2.05) is 20.8 Å². The number of carboxylic acid groups (broad SMARTS) is 1. The first-order chi connectivity index (χ1) is 12.7. The van der Waals surface area contributed by atoms with Gasteiger partial charge in [-0.2, -0.15) is 0 Å². The highest BCUT2D eigenvalue weighted by atomic mass is 32.2. The highest BCUT2D eigenvalue weighted by molar-refractivity contribution is 7.91. The Bertz CT molecular complexity index is 787. The van der Waals surface area contributed by atoms with Crippen LogP contribution in [0, 0.1) is 5.41 Å². The average molecular weight is 389 g/mol. The Morgan fingerprint density at radius 3 is 2.52 bits per heavy atom. The second kappa shape index (κ2) is 6.52. The summed E-state index contributed by atoms with van der Waals surface area (Å²) in [6.45, 7) is 6.87. The van der Waals surface area contributed by atoms with Gasteiger partial charge in [0.25, 0.3) is 0 Å². The van der Waals surface area contributed by atoms with Crippen molar-refractivity contribution in [1.29, 1.82) is 0 Å². The van der Waals surface area contributed by atoms with Crippen LogP contribution in [0.3, 0.4) is 0 Å². The molecule has 0 radical (unpaired) electrons. The zero-order valence-corrected chi connectivity index (χ0v) is 17.1. The van der Waals surface area contributed by atoms with Gasteiger partial charge in [-0.3, -0.25) is 0 Å². The van der Waals surface area contributed by atoms with E-state index < -0.39 is 22.2 Å². The Hall–Kier alpha value is -1.53. The normalized spacial score (nSPS) is 24.3. The van der Waals surface area contributed by atoms with Crippen LogP contribution in [0.15, 0.2) is 22.6 Å². The molecule has 1 unspecified atom stereocenters. The zero-order chi connectivity index (χ0) is 19.4. The third kappa shape index (κ3) is 3.49. The van der Waals surface area contributed by atoms with Crippen LogP contribution < -0.4 is 0 Å². The number of hydrogen-bond donors (Lipinski definition) is 1. The molecule has 1 aromatic carbocycles. The van der Waals surface area contributed by atoms with Crippen molar-refractivity contribution in [3.63, 3.8) is 0 Å². The standard InChI is InChI=1S/C21H28N2O3S/c1-20(2,3)27(26)22-18-17-12-15(14-4-5-14)6-7-16(17)13-21(18)8-10-23(11-9-21)19(24)25/h6-7,12,14H,4-5,8-11,13H2,1-3H3,(H,24,25). The van der Waals surface area contributed by atoms with E-state index in [0.717, 1.165) is 30.5 Å². The molecule has 1 atom stereocenters. The van der Waals surface area contributed by atoms with E-state index in [1.165, 1.54) is 28.9 Å². The van der Waals surface area contributed by atoms with Crippen LogP contribution in [0.2, 0.25) is 0 Å². The minimum absolute atomic E-state index is 0.183. The van der Waals surface area contributed by atoms with Gasteiger partial charge in [0.2, 0.25) is 0 Å². The Morgan fingerprint density at radius 1 is 1.30 bits per heavy atom. The van der Waals surface area contributed by atoms with E-state index >= 15 is 0 Å². The third-order valence-corrected chi connectivity index (χ3v) is 7.55. The molecule has 1 aliphatic heterocycles. The number of benzene rings is 1. The first-order valence-corrected chi connectivity index (χ1v) is 10.9. The maximum absolute atomic E-state index is 12.9. The second-order valence-electron chi connectivity index (χ2n) is 9.22. The molecule has 1 aromatic rings. The van der Waals surface area contributed by atoms with Gasteiger partial charge in [-0.1, -0.05) is 16.5 Å². The smallest absolute Gasteiger partial charge is 0.407 e. The number of fused-ring (bicyclic) bond motifs is 1. The van der Waals surface area contributed by atoms with Gasteiger partial charge < -0.3 is 14.6 Å². The number of amides is 1. The molecule has 1 amide bonds. The number of likely N-dealkylation sites (tertiary alicyclic amines) is 1. The summed E-state index contributed by atoms with van der Waals surface area (Å²) in [5, 5.41) is 9.31. The summed E-state index contributed by atoms with van der Waals surface area (Å²) in [7, 11) is 0. The molecular formula is C21H28N2O3S. The summed E-state index contributed by atoms with van der Waals surface area (Å²) >= 11 is -1.32. The van der Waals surface area contributed by atoms with Crippen LogP contribution in [-0.4, -0.2) is 44.2 Å². The third-order valence-electron chi connectivity index (χ3n) is 6.16. The number of hydrogen-bond acceptors (Lipinski definition) is 3. The summed E-state index contributed by atoms with van der Waals surface area (Å²) in [6.07, 6.45) is 4.00. The first-order valence-electron chi connectivity index (χ1n) is 9.82. The largest absolute Gasteiger partial charge is 0.591 e. The molecule has 1 saturated carbocycles. The van der Waals surface area contributed by atoms with Crippen LogP contribution in [0.25, 0.3) is 0 Å². The van der Waals surface area contributed by atoms with E-state index in [4.69, 9.17) is 4.40 Å². The number of rotatable bonds is 2. The van der Waals surface area contributed by atoms with Crippen molar-refractivity contribution in [2.24, 2.45) is 9.81 Å². The molecule has 1 spiro atoms. The fraction of sp³-hybridized carbons (Fsp3) is 0.619. The fourth-order valence-corrected chi connectivity index (χ4v) is 5.01. The van der Waals surface area contributed by atoms with Gasteiger partial charge in [0.15, 0.2) is 0 Å². The molecule has 3 aliphatic rings. The average Bonchev–Trinajstić information content (AvgIpc) is 3.41. The van der Waals surface area contributed by atoms with Crippen LogP contribution in [0.4, 0.5) is 4.79 Å². The number of nitrogens with zero attached hydrogens (tertiary/aromatic N) is 2. The molecular weight excluding hydrogens is 360 g/mol. The number of carbonyl (C=O) groups is 1. The van der Waals surface area contributed by atoms with Crippen molar-refractivity contribution in [3.8, 4) is 0 Å². The van der Waals surface area contributed by atoms with Gasteiger partial charge >= 0.3 is 6.09 Å². The lowest BCUT2D eigenvalue weighted by Crippen LogP contribution is -2.45. The summed E-state index contributed by atoms with van der Waals surface area (Å²) in [4.78, 5) is 12.8. The molecule has 0 aromatic heterocycles. The van der Waals surface area contributed by atoms with E-state index in [0.29, 0.717) is 19.0 Å². The van der Waals surface area contributed by atoms with Gasteiger partial charge in [-0.25, -0.2) is 4.79 Å². The molecule has 2 fully saturated rings. The van der Waals surface area contributed by atoms with Gasteiger partial charge in [0, 0.05) is 24.1 Å². The predicted molar refractivity (Wildman–Crippen MR) is 108 cm³/mol. The van der Waals surface area contributed by atoms with Gasteiger partial charge in [-0.05, 0) is 76.0 Å². The van der Waals surface area contributed by atoms with E-state index in [1.54, 1.807) is 0 Å². The zero-order valence-electron chi connectivity index (χ0n) is 16.3. The molecule has 4 rings (SSSR count). The maximum atomic E-state index is 12.9. The number of piperidine rings is 1.